The van der Waals surface area contributed by atoms with E-state index in [1.165, 1.54) is 6.26 Å². The van der Waals surface area contributed by atoms with Gasteiger partial charge in [0.15, 0.2) is 0 Å². The zero-order valence-electron chi connectivity index (χ0n) is 7.42. The van der Waals surface area contributed by atoms with Crippen molar-refractivity contribution in [3.8, 4) is 0 Å². The molecule has 0 unspecified atom stereocenters. The van der Waals surface area contributed by atoms with Crippen LogP contribution in [-0.2, 0) is 0 Å². The highest BCUT2D eigenvalue weighted by molar-refractivity contribution is 7.98. The standard InChI is InChI=1S/C7H7F7S/c1-15-4-2-3-5(8,9)6(10,11)7(12,13)14/h2-3H,4H2,1H3/b3-2+. The maximum absolute atomic E-state index is 12.5. The van der Waals surface area contributed by atoms with Gasteiger partial charge in [-0.1, -0.05) is 6.08 Å². The molecule has 15 heavy (non-hydrogen) atoms. The summed E-state index contributed by atoms with van der Waals surface area (Å²) in [7, 11) is 0. The third-order valence-electron chi connectivity index (χ3n) is 1.36. The van der Waals surface area contributed by atoms with Gasteiger partial charge in [0.25, 0.3) is 0 Å². The second-order valence-corrected chi connectivity index (χ2v) is 3.46. The van der Waals surface area contributed by atoms with Crippen LogP contribution in [0.4, 0.5) is 30.7 Å². The molecule has 90 valence electrons. The van der Waals surface area contributed by atoms with Crippen molar-refractivity contribution in [3.05, 3.63) is 12.2 Å². The summed E-state index contributed by atoms with van der Waals surface area (Å²) in [6.07, 6.45) is -4.62. The number of hydrogen-bond donors (Lipinski definition) is 0. The van der Waals surface area contributed by atoms with Crippen LogP contribution in [-0.4, -0.2) is 30.0 Å². The maximum Gasteiger partial charge on any atom is 0.460 e. The lowest BCUT2D eigenvalue weighted by Gasteiger charge is -2.25. The van der Waals surface area contributed by atoms with E-state index in [4.69, 9.17) is 0 Å². The lowest BCUT2D eigenvalue weighted by atomic mass is 10.1. The van der Waals surface area contributed by atoms with Crippen LogP contribution in [0.5, 0.6) is 0 Å². The van der Waals surface area contributed by atoms with Gasteiger partial charge >= 0.3 is 18.0 Å². The van der Waals surface area contributed by atoms with E-state index < -0.39 is 24.1 Å². The minimum atomic E-state index is -6.26. The molecule has 0 aromatic carbocycles. The Labute approximate surface area is 85.5 Å². The number of hydrogen-bond acceptors (Lipinski definition) is 1. The van der Waals surface area contributed by atoms with Crippen molar-refractivity contribution in [2.45, 2.75) is 18.0 Å². The summed E-state index contributed by atoms with van der Waals surface area (Å²) in [5.74, 6) is -11.3. The molecule has 8 heteroatoms. The van der Waals surface area contributed by atoms with Gasteiger partial charge in [0.05, 0.1) is 0 Å². The third kappa shape index (κ3) is 3.29. The van der Waals surface area contributed by atoms with Crippen molar-refractivity contribution in [1.82, 2.24) is 0 Å². The summed E-state index contributed by atoms with van der Waals surface area (Å²) in [6.45, 7) is 0. The van der Waals surface area contributed by atoms with Crippen molar-refractivity contribution in [2.24, 2.45) is 0 Å². The first-order valence-corrected chi connectivity index (χ1v) is 4.94. The van der Waals surface area contributed by atoms with E-state index >= 15 is 0 Å². The van der Waals surface area contributed by atoms with Gasteiger partial charge < -0.3 is 0 Å². The number of rotatable bonds is 4. The van der Waals surface area contributed by atoms with Gasteiger partial charge in [0.2, 0.25) is 0 Å². The van der Waals surface area contributed by atoms with Gasteiger partial charge in [-0.15, -0.1) is 0 Å². The summed E-state index contributed by atoms with van der Waals surface area (Å²) in [5.41, 5.74) is 0. The fourth-order valence-electron chi connectivity index (χ4n) is 0.586. The van der Waals surface area contributed by atoms with E-state index in [2.05, 4.69) is 0 Å². The minimum Gasteiger partial charge on any atom is -0.195 e. The average Bonchev–Trinajstić information content (AvgIpc) is 2.02. The molecule has 0 N–H and O–H groups in total. The molecule has 0 fully saturated rings. The van der Waals surface area contributed by atoms with Crippen molar-refractivity contribution < 1.29 is 30.7 Å². The monoisotopic (exact) mass is 256 g/mol. The molecule has 0 amide bonds. The first-order valence-electron chi connectivity index (χ1n) is 3.55. The van der Waals surface area contributed by atoms with Crippen LogP contribution >= 0.6 is 11.8 Å². The van der Waals surface area contributed by atoms with Crippen molar-refractivity contribution in [2.75, 3.05) is 12.0 Å². The second-order valence-electron chi connectivity index (χ2n) is 2.55. The van der Waals surface area contributed by atoms with E-state index in [0.29, 0.717) is 6.08 Å². The Balaban J connectivity index is 4.85. The van der Waals surface area contributed by atoms with Gasteiger partial charge in [-0.2, -0.15) is 42.5 Å². The number of halogens is 7. The van der Waals surface area contributed by atoms with Crippen molar-refractivity contribution in [1.29, 1.82) is 0 Å². The van der Waals surface area contributed by atoms with Gasteiger partial charge in [-0.05, 0) is 12.3 Å². The Morgan fingerprint density at radius 2 is 1.47 bits per heavy atom. The van der Waals surface area contributed by atoms with E-state index in [1.807, 2.05) is 0 Å². The molecule has 0 nitrogen and oxygen atoms in total. The molecular weight excluding hydrogens is 249 g/mol. The summed E-state index contributed by atoms with van der Waals surface area (Å²) < 4.78 is 84.0. The first kappa shape index (κ1) is 14.6. The molecule has 0 bridgehead atoms. The summed E-state index contributed by atoms with van der Waals surface area (Å²) in [5, 5.41) is 0. The lowest BCUT2D eigenvalue weighted by molar-refractivity contribution is -0.341. The molecule has 0 aromatic rings. The van der Waals surface area contributed by atoms with Crippen molar-refractivity contribution in [3.63, 3.8) is 0 Å². The van der Waals surface area contributed by atoms with Gasteiger partial charge in [-0.3, -0.25) is 0 Å². The highest BCUT2D eigenvalue weighted by Gasteiger charge is 2.71. The molecule has 0 aliphatic rings. The normalized spacial score (nSPS) is 14.9. The highest BCUT2D eigenvalue weighted by atomic mass is 32.2. The summed E-state index contributed by atoms with van der Waals surface area (Å²) in [4.78, 5) is 0. The van der Waals surface area contributed by atoms with Crippen LogP contribution in [0.15, 0.2) is 12.2 Å². The van der Waals surface area contributed by atoms with E-state index in [-0.39, 0.29) is 5.75 Å². The second kappa shape index (κ2) is 4.63. The van der Waals surface area contributed by atoms with E-state index in [0.717, 1.165) is 11.8 Å². The molecule has 0 saturated carbocycles. The minimum absolute atomic E-state index is 0.0659. The van der Waals surface area contributed by atoms with E-state index in [1.54, 1.807) is 0 Å². The van der Waals surface area contributed by atoms with Crippen LogP contribution < -0.4 is 0 Å². The molecule has 0 aliphatic heterocycles. The smallest absolute Gasteiger partial charge is 0.195 e. The Morgan fingerprint density at radius 1 is 1.00 bits per heavy atom. The topological polar surface area (TPSA) is 0 Å². The van der Waals surface area contributed by atoms with Crippen LogP contribution in [0.1, 0.15) is 0 Å². The summed E-state index contributed by atoms with van der Waals surface area (Å²) >= 11 is 1.01. The molecular formula is C7H7F7S. The Kier molecular flexibility index (Phi) is 4.50. The lowest BCUT2D eigenvalue weighted by Crippen LogP contribution is -2.50. The number of allylic oxidation sites excluding steroid dienone is 1. The zero-order valence-corrected chi connectivity index (χ0v) is 8.23. The maximum atomic E-state index is 12.5. The Morgan fingerprint density at radius 3 is 1.80 bits per heavy atom. The van der Waals surface area contributed by atoms with Gasteiger partial charge in [0, 0.05) is 5.75 Å². The van der Waals surface area contributed by atoms with Crippen LogP contribution in [0.25, 0.3) is 0 Å². The largest absolute Gasteiger partial charge is 0.460 e. The zero-order chi connectivity index (χ0) is 12.3. The molecule has 0 saturated heterocycles. The fourth-order valence-corrected chi connectivity index (χ4v) is 0.875. The highest BCUT2D eigenvalue weighted by Crippen LogP contribution is 2.47. The van der Waals surface area contributed by atoms with Crippen LogP contribution in [0.2, 0.25) is 0 Å². The molecule has 0 radical (unpaired) electrons. The molecule has 0 heterocycles. The van der Waals surface area contributed by atoms with Crippen molar-refractivity contribution >= 4 is 11.8 Å². The molecule has 0 atom stereocenters. The molecule has 0 rings (SSSR count). The van der Waals surface area contributed by atoms with E-state index in [9.17, 15) is 30.7 Å². The van der Waals surface area contributed by atoms with Crippen LogP contribution in [0.3, 0.4) is 0 Å². The molecule has 0 spiro atoms. The SMILES string of the molecule is CSC/C=C/C(F)(F)C(F)(F)C(F)(F)F. The van der Waals surface area contributed by atoms with Gasteiger partial charge in [0.1, 0.15) is 0 Å². The third-order valence-corrected chi connectivity index (χ3v) is 1.89. The van der Waals surface area contributed by atoms with Gasteiger partial charge in [-0.25, -0.2) is 0 Å². The Hall–Kier alpha value is -0.400. The fraction of sp³-hybridized carbons (Fsp3) is 0.714. The number of thioether (sulfide) groups is 1. The quantitative estimate of drug-likeness (QED) is 0.545. The van der Waals surface area contributed by atoms with Crippen LogP contribution in [0, 0.1) is 0 Å². The predicted molar refractivity (Wildman–Crippen MR) is 43.5 cm³/mol. The Bertz CT molecular complexity index is 230. The first-order chi connectivity index (χ1) is 6.56. The molecule has 0 aliphatic carbocycles. The summed E-state index contributed by atoms with van der Waals surface area (Å²) in [6, 6.07) is 0. The molecule has 0 aromatic heterocycles. The average molecular weight is 256 g/mol. The number of alkyl halides is 7. The predicted octanol–water partition coefficient (Wildman–Crippen LogP) is 3.74.